The Kier molecular flexibility index (Phi) is 5.20. The van der Waals surface area contributed by atoms with E-state index in [-0.39, 0.29) is 26.9 Å². The fraction of sp³-hybridized carbons (Fsp3) is 0.0833. The van der Waals surface area contributed by atoms with Crippen LogP contribution in [-0.2, 0) is 9.84 Å². The summed E-state index contributed by atoms with van der Waals surface area (Å²) >= 11 is 0. The molecule has 4 aromatic rings. The maximum absolute atomic E-state index is 12.8. The Morgan fingerprint density at radius 2 is 1.45 bits per heavy atom. The van der Waals surface area contributed by atoms with Gasteiger partial charge in [0.25, 0.3) is 0 Å². The molecule has 0 bridgehead atoms. The van der Waals surface area contributed by atoms with E-state index < -0.39 is 9.84 Å². The van der Waals surface area contributed by atoms with Gasteiger partial charge in [-0.05, 0) is 62.4 Å². The summed E-state index contributed by atoms with van der Waals surface area (Å²) in [6.07, 6.45) is 2.97. The van der Waals surface area contributed by atoms with Gasteiger partial charge in [-0.15, -0.1) is 0 Å². The van der Waals surface area contributed by atoms with Crippen LogP contribution in [0, 0.1) is 13.8 Å². The van der Waals surface area contributed by atoms with E-state index in [9.17, 15) is 18.3 Å². The molecule has 6 nitrogen and oxygen atoms in total. The monoisotopic (exact) mass is 432 g/mol. The third kappa shape index (κ3) is 4.00. The van der Waals surface area contributed by atoms with Crippen molar-refractivity contribution in [3.8, 4) is 11.4 Å². The molecule has 0 amide bonds. The molecule has 0 aliphatic heterocycles. The summed E-state index contributed by atoms with van der Waals surface area (Å²) in [5, 5.41) is 14.2. The Morgan fingerprint density at radius 1 is 0.871 bits per heavy atom. The molecular weight excluding hydrogens is 412 g/mol. The zero-order chi connectivity index (χ0) is 22.2. The van der Waals surface area contributed by atoms with E-state index >= 15 is 0 Å². The summed E-state index contributed by atoms with van der Waals surface area (Å²) in [5.41, 5.74) is 2.97. The molecule has 3 aromatic carbocycles. The second-order valence-electron chi connectivity index (χ2n) is 7.33. The largest absolute Gasteiger partial charge is 0.507 e. The Bertz CT molecular complexity index is 1370. The zero-order valence-corrected chi connectivity index (χ0v) is 17.8. The minimum absolute atomic E-state index is 0.0889. The van der Waals surface area contributed by atoms with Crippen molar-refractivity contribution >= 4 is 15.6 Å². The highest BCUT2D eigenvalue weighted by Gasteiger charge is 2.19. The first-order valence-electron chi connectivity index (χ1n) is 9.57. The van der Waals surface area contributed by atoms with Gasteiger partial charge < -0.3 is 5.11 Å². The first-order chi connectivity index (χ1) is 14.8. The van der Waals surface area contributed by atoms with Crippen LogP contribution < -0.4 is 0 Å². The number of aromatic nitrogens is 2. The number of hydrogen-bond donors (Lipinski definition) is 1. The molecule has 0 saturated carbocycles. The van der Waals surface area contributed by atoms with Gasteiger partial charge in [0.1, 0.15) is 5.75 Å². The van der Waals surface area contributed by atoms with Crippen LogP contribution in [0.2, 0.25) is 0 Å². The Balaban J connectivity index is 1.61. The van der Waals surface area contributed by atoms with Gasteiger partial charge in [0.2, 0.25) is 9.84 Å². The minimum Gasteiger partial charge on any atom is -0.507 e. The number of carbonyl (C=O) groups excluding carboxylic acids is 1. The lowest BCUT2D eigenvalue weighted by Gasteiger charge is -2.07. The summed E-state index contributed by atoms with van der Waals surface area (Å²) in [4.78, 5) is 13.1. The standard InChI is InChI=1S/C24H20N2O4S/c1-16-3-8-20(9-4-16)31(29,30)21-10-6-19(7-11-21)26-15-18(14-25-26)24(28)22-13-17(2)5-12-23(22)27/h3-15,27H,1-2H3. The van der Waals surface area contributed by atoms with Gasteiger partial charge in [-0.3, -0.25) is 4.79 Å². The number of phenols is 1. The van der Waals surface area contributed by atoms with E-state index in [1.54, 1.807) is 54.7 Å². The predicted octanol–water partition coefficient (Wildman–Crippen LogP) is 4.26. The van der Waals surface area contributed by atoms with Crippen LogP contribution in [0.25, 0.3) is 5.69 Å². The van der Waals surface area contributed by atoms with Crippen molar-refractivity contribution < 1.29 is 18.3 Å². The first-order valence-corrected chi connectivity index (χ1v) is 11.1. The lowest BCUT2D eigenvalue weighted by atomic mass is 10.0. The summed E-state index contributed by atoms with van der Waals surface area (Å²) in [5.74, 6) is -0.431. The van der Waals surface area contributed by atoms with Crippen molar-refractivity contribution in [1.82, 2.24) is 9.78 Å². The van der Waals surface area contributed by atoms with Gasteiger partial charge >= 0.3 is 0 Å². The maximum atomic E-state index is 12.8. The Morgan fingerprint density at radius 3 is 2.10 bits per heavy atom. The normalized spacial score (nSPS) is 11.4. The van der Waals surface area contributed by atoms with E-state index in [0.717, 1.165) is 11.1 Å². The van der Waals surface area contributed by atoms with E-state index in [1.165, 1.54) is 29.1 Å². The average Bonchev–Trinajstić information content (AvgIpc) is 3.26. The van der Waals surface area contributed by atoms with Crippen LogP contribution >= 0.6 is 0 Å². The molecule has 0 fully saturated rings. The van der Waals surface area contributed by atoms with Crippen LogP contribution in [-0.4, -0.2) is 29.1 Å². The lowest BCUT2D eigenvalue weighted by molar-refractivity contribution is 0.103. The van der Waals surface area contributed by atoms with Crippen molar-refractivity contribution in [2.75, 3.05) is 0 Å². The van der Waals surface area contributed by atoms with Crippen molar-refractivity contribution in [3.63, 3.8) is 0 Å². The number of nitrogens with zero attached hydrogens (tertiary/aromatic N) is 2. The number of phenolic OH excluding ortho intramolecular Hbond substituents is 1. The first kappa shape index (κ1) is 20.6. The van der Waals surface area contributed by atoms with E-state index in [1.807, 2.05) is 13.8 Å². The number of aromatic hydroxyl groups is 1. The van der Waals surface area contributed by atoms with Gasteiger partial charge in [0, 0.05) is 6.20 Å². The highest BCUT2D eigenvalue weighted by molar-refractivity contribution is 7.91. The molecule has 4 rings (SSSR count). The number of sulfone groups is 1. The lowest BCUT2D eigenvalue weighted by Crippen LogP contribution is -2.03. The van der Waals surface area contributed by atoms with Gasteiger partial charge in [-0.2, -0.15) is 5.10 Å². The fourth-order valence-corrected chi connectivity index (χ4v) is 4.46. The molecular formula is C24H20N2O4S. The molecule has 156 valence electrons. The summed E-state index contributed by atoms with van der Waals surface area (Å²) in [7, 11) is -3.62. The number of ketones is 1. The van der Waals surface area contributed by atoms with Crippen molar-refractivity contribution in [2.45, 2.75) is 23.6 Å². The van der Waals surface area contributed by atoms with Crippen LogP contribution in [0.5, 0.6) is 5.75 Å². The minimum atomic E-state index is -3.62. The topological polar surface area (TPSA) is 89.3 Å². The van der Waals surface area contributed by atoms with E-state index in [4.69, 9.17) is 0 Å². The summed E-state index contributed by atoms with van der Waals surface area (Å²) in [6.45, 7) is 3.74. The number of carbonyl (C=O) groups is 1. The molecule has 1 N–H and O–H groups in total. The Labute approximate surface area is 180 Å². The second kappa shape index (κ2) is 7.85. The third-order valence-corrected chi connectivity index (χ3v) is 6.77. The highest BCUT2D eigenvalue weighted by atomic mass is 32.2. The quantitative estimate of drug-likeness (QED) is 0.476. The van der Waals surface area contributed by atoms with Crippen molar-refractivity contribution in [3.05, 3.63) is 101 Å². The van der Waals surface area contributed by atoms with E-state index in [2.05, 4.69) is 5.10 Å². The molecule has 0 spiro atoms. The van der Waals surface area contributed by atoms with Crippen LogP contribution in [0.1, 0.15) is 27.0 Å². The molecule has 0 atom stereocenters. The van der Waals surface area contributed by atoms with Crippen LogP contribution in [0.3, 0.4) is 0 Å². The number of aryl methyl sites for hydroxylation is 2. The van der Waals surface area contributed by atoms with Gasteiger partial charge in [0.05, 0.1) is 32.8 Å². The molecule has 0 radical (unpaired) electrons. The maximum Gasteiger partial charge on any atom is 0.206 e. The molecule has 0 saturated heterocycles. The smallest absolute Gasteiger partial charge is 0.206 e. The fourth-order valence-electron chi connectivity index (χ4n) is 3.20. The average molecular weight is 433 g/mol. The molecule has 0 aliphatic rings. The molecule has 31 heavy (non-hydrogen) atoms. The zero-order valence-electron chi connectivity index (χ0n) is 17.0. The van der Waals surface area contributed by atoms with Gasteiger partial charge in [0.15, 0.2) is 5.78 Å². The Hall–Kier alpha value is -3.71. The molecule has 1 aromatic heterocycles. The van der Waals surface area contributed by atoms with Crippen LogP contribution in [0.15, 0.2) is 88.9 Å². The summed E-state index contributed by atoms with van der Waals surface area (Å²) < 4.78 is 27.1. The molecule has 1 heterocycles. The second-order valence-corrected chi connectivity index (χ2v) is 9.28. The van der Waals surface area contributed by atoms with Crippen molar-refractivity contribution in [1.29, 1.82) is 0 Å². The van der Waals surface area contributed by atoms with Gasteiger partial charge in [-0.25, -0.2) is 13.1 Å². The number of hydrogen-bond acceptors (Lipinski definition) is 5. The SMILES string of the molecule is Cc1ccc(S(=O)(=O)c2ccc(-n3cc(C(=O)c4cc(C)ccc4O)cn3)cc2)cc1. The number of rotatable bonds is 5. The molecule has 0 aliphatic carbocycles. The molecule has 7 heteroatoms. The number of benzene rings is 3. The van der Waals surface area contributed by atoms with Crippen LogP contribution in [0.4, 0.5) is 0 Å². The molecule has 0 unspecified atom stereocenters. The van der Waals surface area contributed by atoms with Crippen molar-refractivity contribution in [2.24, 2.45) is 0 Å². The van der Waals surface area contributed by atoms with E-state index in [0.29, 0.717) is 11.3 Å². The summed E-state index contributed by atoms with van der Waals surface area (Å²) in [6, 6.07) is 17.8. The highest BCUT2D eigenvalue weighted by Crippen LogP contribution is 2.24. The predicted molar refractivity (Wildman–Crippen MR) is 116 cm³/mol. The third-order valence-electron chi connectivity index (χ3n) is 4.98. The van der Waals surface area contributed by atoms with Gasteiger partial charge in [-0.1, -0.05) is 29.3 Å².